The molecule has 7 heteroatoms. The van der Waals surface area contributed by atoms with Gasteiger partial charge in [0.2, 0.25) is 5.91 Å². The molecule has 3 rings (SSSR count). The normalized spacial score (nSPS) is 24.1. The first-order valence-electron chi connectivity index (χ1n) is 8.63. The van der Waals surface area contributed by atoms with Crippen LogP contribution in [0.25, 0.3) is 11.3 Å². The van der Waals surface area contributed by atoms with E-state index in [4.69, 9.17) is 10.5 Å². The summed E-state index contributed by atoms with van der Waals surface area (Å²) in [6, 6.07) is 8.21. The van der Waals surface area contributed by atoms with Gasteiger partial charge in [-0.1, -0.05) is 26.0 Å². The molecule has 1 aromatic carbocycles. The molecule has 0 bridgehead atoms. The second-order valence-corrected chi connectivity index (χ2v) is 8.80. The van der Waals surface area contributed by atoms with Gasteiger partial charge < -0.3 is 15.8 Å². The highest BCUT2D eigenvalue weighted by molar-refractivity contribution is 7.98. The predicted molar refractivity (Wildman–Crippen MR) is 109 cm³/mol. The maximum Gasteiger partial charge on any atom is 0.246 e. The Kier molecular flexibility index (Phi) is 5.44. The lowest BCUT2D eigenvalue weighted by atomic mass is 9.54. The number of benzene rings is 1. The number of anilines is 1. The van der Waals surface area contributed by atoms with Gasteiger partial charge in [0.05, 0.1) is 11.8 Å². The first kappa shape index (κ1) is 19.4. The first-order chi connectivity index (χ1) is 12.3. The number of carbonyl (C=O) groups is 1. The van der Waals surface area contributed by atoms with Gasteiger partial charge >= 0.3 is 0 Å². The molecule has 0 saturated heterocycles. The third kappa shape index (κ3) is 3.29. The lowest BCUT2D eigenvalue weighted by Gasteiger charge is -2.57. The summed E-state index contributed by atoms with van der Waals surface area (Å²) >= 11 is 3.11. The van der Waals surface area contributed by atoms with Crippen molar-refractivity contribution in [2.75, 3.05) is 18.2 Å². The van der Waals surface area contributed by atoms with Crippen LogP contribution in [0.5, 0.6) is 0 Å². The molecule has 2 atom stereocenters. The second-order valence-electron chi connectivity index (χ2n) is 7.06. The molecule has 1 aliphatic carbocycles. The highest BCUT2D eigenvalue weighted by Gasteiger charge is 2.63. The van der Waals surface area contributed by atoms with Crippen LogP contribution in [0, 0.1) is 5.41 Å². The lowest BCUT2D eigenvalue weighted by molar-refractivity contribution is -0.166. The van der Waals surface area contributed by atoms with Crippen LogP contribution in [0.4, 0.5) is 5.13 Å². The molecular weight excluding hydrogens is 366 g/mol. The van der Waals surface area contributed by atoms with Crippen LogP contribution in [0.3, 0.4) is 0 Å². The largest absolute Gasteiger partial charge is 0.378 e. The Morgan fingerprint density at radius 2 is 2.12 bits per heavy atom. The molecule has 2 unspecified atom stereocenters. The van der Waals surface area contributed by atoms with Crippen molar-refractivity contribution in [3.8, 4) is 11.3 Å². The molecule has 0 spiro atoms. The minimum atomic E-state index is -0.946. The van der Waals surface area contributed by atoms with E-state index in [0.717, 1.165) is 11.3 Å². The summed E-state index contributed by atoms with van der Waals surface area (Å²) in [4.78, 5) is 18.5. The van der Waals surface area contributed by atoms with Crippen molar-refractivity contribution in [2.24, 2.45) is 11.1 Å². The van der Waals surface area contributed by atoms with E-state index in [1.54, 1.807) is 11.8 Å². The van der Waals surface area contributed by atoms with Gasteiger partial charge in [-0.2, -0.15) is 0 Å². The number of hydrogen-bond acceptors (Lipinski definition) is 6. The van der Waals surface area contributed by atoms with Gasteiger partial charge in [0.25, 0.3) is 0 Å². The Morgan fingerprint density at radius 1 is 1.42 bits per heavy atom. The van der Waals surface area contributed by atoms with E-state index in [-0.39, 0.29) is 12.0 Å². The molecule has 2 aromatic rings. The van der Waals surface area contributed by atoms with Gasteiger partial charge in [-0.25, -0.2) is 4.98 Å². The molecule has 0 aliphatic heterocycles. The number of aromatic nitrogens is 1. The highest BCUT2D eigenvalue weighted by atomic mass is 32.2. The molecule has 1 saturated carbocycles. The zero-order valence-corrected chi connectivity index (χ0v) is 17.2. The molecule has 1 heterocycles. The van der Waals surface area contributed by atoms with Gasteiger partial charge in [0.15, 0.2) is 5.13 Å². The van der Waals surface area contributed by atoms with Crippen molar-refractivity contribution >= 4 is 34.1 Å². The average Bonchev–Trinajstić information content (AvgIpc) is 3.09. The Bertz CT molecular complexity index is 788. The topological polar surface area (TPSA) is 77.2 Å². The average molecular weight is 392 g/mol. The Morgan fingerprint density at radius 3 is 2.69 bits per heavy atom. The van der Waals surface area contributed by atoms with Crippen LogP contribution in [0.15, 0.2) is 34.5 Å². The summed E-state index contributed by atoms with van der Waals surface area (Å²) in [5.74, 6) is -0.197. The summed E-state index contributed by atoms with van der Waals surface area (Å²) < 4.78 is 5.69. The van der Waals surface area contributed by atoms with Crippen LogP contribution in [-0.2, 0) is 9.53 Å². The van der Waals surface area contributed by atoms with Crippen LogP contribution >= 0.6 is 23.1 Å². The Balaban J connectivity index is 1.70. The third-order valence-electron chi connectivity index (χ3n) is 5.35. The lowest BCUT2D eigenvalue weighted by Crippen LogP contribution is -2.74. The van der Waals surface area contributed by atoms with Crippen LogP contribution in [-0.4, -0.2) is 35.4 Å². The summed E-state index contributed by atoms with van der Waals surface area (Å²) in [5, 5.41) is 5.41. The number of nitrogens with two attached hydrogens (primary N) is 1. The fourth-order valence-corrected chi connectivity index (χ4v) is 4.38. The minimum absolute atomic E-state index is 0.00468. The quantitative estimate of drug-likeness (QED) is 0.728. The van der Waals surface area contributed by atoms with E-state index in [2.05, 4.69) is 22.4 Å². The fourth-order valence-electron chi connectivity index (χ4n) is 3.25. The van der Waals surface area contributed by atoms with Crippen LogP contribution in [0.1, 0.15) is 27.2 Å². The summed E-state index contributed by atoms with van der Waals surface area (Å²) in [7, 11) is 0. The fraction of sp³-hybridized carbons (Fsp3) is 0.474. The molecule has 5 nitrogen and oxygen atoms in total. The van der Waals surface area contributed by atoms with Crippen LogP contribution in [0.2, 0.25) is 0 Å². The molecule has 1 fully saturated rings. The van der Waals surface area contributed by atoms with Crippen molar-refractivity contribution in [3.63, 3.8) is 0 Å². The monoisotopic (exact) mass is 391 g/mol. The van der Waals surface area contributed by atoms with Crippen molar-refractivity contribution < 1.29 is 9.53 Å². The Hall–Kier alpha value is -1.41. The maximum atomic E-state index is 12.8. The summed E-state index contributed by atoms with van der Waals surface area (Å²) in [6.45, 7) is 6.54. The number of thiazole rings is 1. The predicted octanol–water partition coefficient (Wildman–Crippen LogP) is 4.00. The number of hydrogen-bond donors (Lipinski definition) is 2. The number of nitrogens with zero attached hydrogens (tertiary/aromatic N) is 1. The van der Waals surface area contributed by atoms with Crippen molar-refractivity contribution in [1.82, 2.24) is 4.98 Å². The molecular formula is C19H25N3O2S2. The second kappa shape index (κ2) is 7.31. The molecule has 1 amide bonds. The van der Waals surface area contributed by atoms with E-state index in [9.17, 15) is 4.79 Å². The van der Waals surface area contributed by atoms with Crippen molar-refractivity contribution in [1.29, 1.82) is 0 Å². The van der Waals surface area contributed by atoms with E-state index in [1.807, 2.05) is 44.5 Å². The van der Waals surface area contributed by atoms with Crippen molar-refractivity contribution in [3.05, 3.63) is 29.6 Å². The molecule has 0 radical (unpaired) electrons. The Labute approximate surface area is 162 Å². The van der Waals surface area contributed by atoms with E-state index >= 15 is 0 Å². The number of ether oxygens (including phenoxy) is 1. The molecule has 3 N–H and O–H groups in total. The summed E-state index contributed by atoms with van der Waals surface area (Å²) in [5.41, 5.74) is 6.94. The molecule has 1 aliphatic rings. The number of amides is 1. The van der Waals surface area contributed by atoms with Gasteiger partial charge in [-0.15, -0.1) is 23.1 Å². The summed E-state index contributed by atoms with van der Waals surface area (Å²) in [6.07, 6.45) is 2.57. The molecule has 140 valence electrons. The van der Waals surface area contributed by atoms with Gasteiger partial charge in [-0.05, 0) is 25.3 Å². The number of carbonyl (C=O) groups excluding carboxylic acids is 1. The zero-order valence-electron chi connectivity index (χ0n) is 15.5. The highest BCUT2D eigenvalue weighted by Crippen LogP contribution is 2.50. The van der Waals surface area contributed by atoms with Crippen LogP contribution < -0.4 is 11.1 Å². The number of thioether (sulfide) groups is 1. The van der Waals surface area contributed by atoms with E-state index in [1.165, 1.54) is 16.2 Å². The number of rotatable bonds is 6. The SMILES string of the molecule is CCOC1CC(N)(C(=O)Nc2nc(-c3ccc(SC)cc3)cs2)C1(C)C. The van der Waals surface area contributed by atoms with Gasteiger partial charge in [0, 0.05) is 34.3 Å². The first-order valence-corrected chi connectivity index (χ1v) is 10.7. The third-order valence-corrected chi connectivity index (χ3v) is 6.85. The maximum absolute atomic E-state index is 12.8. The smallest absolute Gasteiger partial charge is 0.246 e. The zero-order chi connectivity index (χ0) is 18.9. The molecule has 1 aromatic heterocycles. The van der Waals surface area contributed by atoms with Gasteiger partial charge in [0.1, 0.15) is 5.54 Å². The molecule has 26 heavy (non-hydrogen) atoms. The number of nitrogens with one attached hydrogen (secondary N) is 1. The van der Waals surface area contributed by atoms with E-state index < -0.39 is 11.0 Å². The minimum Gasteiger partial charge on any atom is -0.378 e. The van der Waals surface area contributed by atoms with Gasteiger partial charge in [-0.3, -0.25) is 4.79 Å². The van der Waals surface area contributed by atoms with Crippen molar-refractivity contribution in [2.45, 2.75) is 43.7 Å². The van der Waals surface area contributed by atoms with E-state index in [0.29, 0.717) is 18.2 Å². The standard InChI is InChI=1S/C19H25N3O2S2/c1-5-24-15-10-19(20,18(15,2)3)16(23)22-17-21-14(11-26-17)12-6-8-13(25-4)9-7-12/h6-9,11,15H,5,10,20H2,1-4H3,(H,21,22,23).